The Morgan fingerprint density at radius 3 is 2.64 bits per heavy atom. The van der Waals surface area contributed by atoms with Gasteiger partial charge in [-0.3, -0.25) is 15.1 Å². The molecule has 1 atom stereocenters. The SMILES string of the molecule is C[C@H](N=Cc1cc([N+](=O)[O-])ccc1O)c1ccc(F)cc1F. The van der Waals surface area contributed by atoms with Crippen LogP contribution in [0.1, 0.15) is 24.1 Å². The predicted molar refractivity (Wildman–Crippen MR) is 77.1 cm³/mol. The van der Waals surface area contributed by atoms with Crippen LogP contribution in [0.15, 0.2) is 41.4 Å². The minimum atomic E-state index is -0.729. The molecule has 2 aromatic carbocycles. The van der Waals surface area contributed by atoms with Crippen molar-refractivity contribution in [1.29, 1.82) is 0 Å². The van der Waals surface area contributed by atoms with Crippen molar-refractivity contribution < 1.29 is 18.8 Å². The minimum Gasteiger partial charge on any atom is -0.507 e. The minimum absolute atomic E-state index is 0.142. The van der Waals surface area contributed by atoms with E-state index in [4.69, 9.17) is 0 Å². The Labute approximate surface area is 124 Å². The molecule has 0 fully saturated rings. The smallest absolute Gasteiger partial charge is 0.270 e. The number of rotatable bonds is 4. The number of nitro benzene ring substituents is 1. The first-order chi connectivity index (χ1) is 10.4. The van der Waals surface area contributed by atoms with Crippen LogP contribution in [0.5, 0.6) is 5.75 Å². The van der Waals surface area contributed by atoms with Gasteiger partial charge in [0.25, 0.3) is 5.69 Å². The van der Waals surface area contributed by atoms with Crippen LogP contribution in [-0.4, -0.2) is 16.2 Å². The monoisotopic (exact) mass is 306 g/mol. The van der Waals surface area contributed by atoms with Gasteiger partial charge >= 0.3 is 0 Å². The van der Waals surface area contributed by atoms with Gasteiger partial charge in [0.05, 0.1) is 11.0 Å². The molecule has 0 aromatic heterocycles. The fraction of sp³-hybridized carbons (Fsp3) is 0.133. The number of aliphatic imine (C=N–C) groups is 1. The van der Waals surface area contributed by atoms with Crippen LogP contribution < -0.4 is 0 Å². The van der Waals surface area contributed by atoms with Crippen molar-refractivity contribution >= 4 is 11.9 Å². The molecule has 0 saturated carbocycles. The van der Waals surface area contributed by atoms with Crippen LogP contribution in [-0.2, 0) is 0 Å². The first-order valence-electron chi connectivity index (χ1n) is 6.34. The zero-order valence-electron chi connectivity index (χ0n) is 11.5. The molecule has 5 nitrogen and oxygen atoms in total. The summed E-state index contributed by atoms with van der Waals surface area (Å²) in [6.07, 6.45) is 1.22. The lowest BCUT2D eigenvalue weighted by Crippen LogP contribution is -1.97. The Kier molecular flexibility index (Phi) is 4.45. The average Bonchev–Trinajstić information content (AvgIpc) is 2.45. The third-order valence-corrected chi connectivity index (χ3v) is 3.07. The lowest BCUT2D eigenvalue weighted by molar-refractivity contribution is -0.384. The molecule has 2 rings (SSSR count). The normalized spacial score (nSPS) is 12.5. The van der Waals surface area contributed by atoms with E-state index in [0.29, 0.717) is 0 Å². The van der Waals surface area contributed by atoms with Crippen LogP contribution in [0.25, 0.3) is 0 Å². The van der Waals surface area contributed by atoms with Crippen LogP contribution in [0.3, 0.4) is 0 Å². The summed E-state index contributed by atoms with van der Waals surface area (Å²) in [6, 6.07) is 6.02. The van der Waals surface area contributed by atoms with Crippen molar-refractivity contribution in [3.8, 4) is 5.75 Å². The first kappa shape index (κ1) is 15.6. The highest BCUT2D eigenvalue weighted by atomic mass is 19.1. The van der Waals surface area contributed by atoms with Gasteiger partial charge in [0.2, 0.25) is 0 Å². The number of non-ortho nitro benzene ring substituents is 1. The van der Waals surface area contributed by atoms with E-state index in [-0.39, 0.29) is 22.6 Å². The van der Waals surface area contributed by atoms with Gasteiger partial charge in [-0.1, -0.05) is 6.07 Å². The molecule has 0 saturated heterocycles. The van der Waals surface area contributed by atoms with Gasteiger partial charge < -0.3 is 5.11 Å². The van der Waals surface area contributed by atoms with E-state index < -0.39 is 22.6 Å². The Hall–Kier alpha value is -2.83. The van der Waals surface area contributed by atoms with Crippen molar-refractivity contribution in [1.82, 2.24) is 0 Å². The molecule has 0 aliphatic carbocycles. The molecule has 1 N–H and O–H groups in total. The second kappa shape index (κ2) is 6.30. The summed E-state index contributed by atoms with van der Waals surface area (Å²) in [7, 11) is 0. The molecule has 0 spiro atoms. The number of hydrogen-bond acceptors (Lipinski definition) is 4. The summed E-state index contributed by atoms with van der Waals surface area (Å²) in [6.45, 7) is 1.58. The maximum Gasteiger partial charge on any atom is 0.270 e. The lowest BCUT2D eigenvalue weighted by atomic mass is 10.1. The van der Waals surface area contributed by atoms with Gasteiger partial charge in [-0.2, -0.15) is 0 Å². The molecule has 0 aliphatic rings. The third kappa shape index (κ3) is 3.43. The van der Waals surface area contributed by atoms with Crippen molar-refractivity contribution in [3.05, 3.63) is 69.3 Å². The molecule has 0 aliphatic heterocycles. The molecule has 0 amide bonds. The van der Waals surface area contributed by atoms with Gasteiger partial charge in [0.1, 0.15) is 17.4 Å². The topological polar surface area (TPSA) is 75.7 Å². The van der Waals surface area contributed by atoms with Crippen LogP contribution in [0.2, 0.25) is 0 Å². The number of nitrogens with zero attached hydrogens (tertiary/aromatic N) is 2. The number of aromatic hydroxyl groups is 1. The average molecular weight is 306 g/mol. The Balaban J connectivity index is 2.27. The molecule has 0 radical (unpaired) electrons. The van der Waals surface area contributed by atoms with Crippen molar-refractivity contribution in [3.63, 3.8) is 0 Å². The molecule has 0 unspecified atom stereocenters. The van der Waals surface area contributed by atoms with Gasteiger partial charge in [-0.15, -0.1) is 0 Å². The Bertz CT molecular complexity index is 748. The first-order valence-corrected chi connectivity index (χ1v) is 6.34. The zero-order chi connectivity index (χ0) is 16.3. The van der Waals surface area contributed by atoms with E-state index in [1.165, 1.54) is 18.3 Å². The predicted octanol–water partition coefficient (Wildman–Crippen LogP) is 3.76. The van der Waals surface area contributed by atoms with Gasteiger partial charge in [0, 0.05) is 35.5 Å². The van der Waals surface area contributed by atoms with Crippen LogP contribution >= 0.6 is 0 Å². The van der Waals surface area contributed by atoms with Crippen LogP contribution in [0, 0.1) is 21.7 Å². The molecular weight excluding hydrogens is 294 g/mol. The van der Waals surface area contributed by atoms with E-state index in [1.807, 2.05) is 0 Å². The summed E-state index contributed by atoms with van der Waals surface area (Å²) in [5.41, 5.74) is 0.131. The number of halogens is 2. The molecule has 0 bridgehead atoms. The Morgan fingerprint density at radius 2 is 2.00 bits per heavy atom. The summed E-state index contributed by atoms with van der Waals surface area (Å²) in [4.78, 5) is 14.1. The summed E-state index contributed by atoms with van der Waals surface area (Å²) in [5.74, 6) is -1.59. The van der Waals surface area contributed by atoms with Gasteiger partial charge in [-0.05, 0) is 19.1 Å². The molecule has 0 heterocycles. The summed E-state index contributed by atoms with van der Waals surface area (Å²) >= 11 is 0. The highest BCUT2D eigenvalue weighted by Crippen LogP contribution is 2.24. The van der Waals surface area contributed by atoms with Crippen molar-refractivity contribution in [2.75, 3.05) is 0 Å². The van der Waals surface area contributed by atoms with Gasteiger partial charge in [-0.25, -0.2) is 8.78 Å². The maximum absolute atomic E-state index is 13.6. The highest BCUT2D eigenvalue weighted by Gasteiger charge is 2.12. The molecule has 22 heavy (non-hydrogen) atoms. The summed E-state index contributed by atoms with van der Waals surface area (Å²) < 4.78 is 26.5. The second-order valence-electron chi connectivity index (χ2n) is 4.62. The number of phenolic OH excluding ortho intramolecular Hbond substituents is 1. The third-order valence-electron chi connectivity index (χ3n) is 3.07. The quantitative estimate of drug-likeness (QED) is 0.531. The Morgan fingerprint density at radius 1 is 1.27 bits per heavy atom. The summed E-state index contributed by atoms with van der Waals surface area (Å²) in [5, 5.41) is 20.3. The van der Waals surface area contributed by atoms with Gasteiger partial charge in [0.15, 0.2) is 0 Å². The molecule has 114 valence electrons. The van der Waals surface area contributed by atoms with Crippen LogP contribution in [0.4, 0.5) is 14.5 Å². The van der Waals surface area contributed by atoms with E-state index in [2.05, 4.69) is 4.99 Å². The second-order valence-corrected chi connectivity index (χ2v) is 4.62. The van der Waals surface area contributed by atoms with Crippen molar-refractivity contribution in [2.24, 2.45) is 4.99 Å². The van der Waals surface area contributed by atoms with E-state index in [1.54, 1.807) is 6.92 Å². The van der Waals surface area contributed by atoms with Crippen molar-refractivity contribution in [2.45, 2.75) is 13.0 Å². The number of nitro groups is 1. The molecule has 7 heteroatoms. The van der Waals surface area contributed by atoms with E-state index >= 15 is 0 Å². The molecular formula is C15H12F2N2O3. The zero-order valence-corrected chi connectivity index (χ0v) is 11.5. The number of phenols is 1. The largest absolute Gasteiger partial charge is 0.507 e. The highest BCUT2D eigenvalue weighted by molar-refractivity contribution is 5.84. The fourth-order valence-corrected chi connectivity index (χ4v) is 1.87. The lowest BCUT2D eigenvalue weighted by Gasteiger charge is -2.08. The maximum atomic E-state index is 13.6. The molecule has 2 aromatic rings. The van der Waals surface area contributed by atoms with E-state index in [0.717, 1.165) is 24.3 Å². The fourth-order valence-electron chi connectivity index (χ4n) is 1.87. The number of benzene rings is 2. The van der Waals surface area contributed by atoms with E-state index in [9.17, 15) is 24.0 Å². The number of hydrogen-bond donors (Lipinski definition) is 1. The standard InChI is InChI=1S/C15H12F2N2O3/c1-9(13-4-2-11(16)7-14(13)17)18-8-10-6-12(19(21)22)3-5-15(10)20/h2-9,20H,1H3/t9-/m0/s1.